The predicted octanol–water partition coefficient (Wildman–Crippen LogP) is 5.82. The Kier molecular flexibility index (Phi) is 5.39. The molecule has 0 amide bonds. The van der Waals surface area contributed by atoms with Crippen LogP contribution < -0.4 is 0 Å². The summed E-state index contributed by atoms with van der Waals surface area (Å²) in [5.41, 5.74) is 13.6. The van der Waals surface area contributed by atoms with Gasteiger partial charge in [-0.15, -0.1) is 0 Å². The van der Waals surface area contributed by atoms with Gasteiger partial charge in [0.25, 0.3) is 0 Å². The molecule has 4 heteroatoms. The SMILES string of the molecule is Cc1cc2[nH]c(CN3CCN(Cc4cc5c(C)c(C)c(C)cc5[nH]4)CC3)cc2c(C)c1C. The number of H-pyrrole nitrogens is 2. The Hall–Kier alpha value is -2.56. The van der Waals surface area contributed by atoms with Crippen molar-refractivity contribution in [3.8, 4) is 0 Å². The first kappa shape index (κ1) is 21.3. The van der Waals surface area contributed by atoms with Crippen LogP contribution in [0.1, 0.15) is 44.8 Å². The second-order valence-electron chi connectivity index (χ2n) is 9.95. The van der Waals surface area contributed by atoms with Crippen molar-refractivity contribution < 1.29 is 0 Å². The van der Waals surface area contributed by atoms with Crippen molar-refractivity contribution in [3.05, 3.63) is 69.0 Å². The summed E-state index contributed by atoms with van der Waals surface area (Å²) in [7, 11) is 0. The maximum Gasteiger partial charge on any atom is 0.0461 e. The number of hydrogen-bond donors (Lipinski definition) is 2. The van der Waals surface area contributed by atoms with Crippen LogP contribution in [-0.4, -0.2) is 45.9 Å². The standard InChI is InChI=1S/C28H36N4/c1-17-11-27-25(21(5)19(17)3)13-23(29-27)15-31-7-9-32(10-8-31)16-24-14-26-22(6)20(4)18(2)12-28(26)30-24/h11-14,29-30H,7-10,15-16H2,1-6H3. The molecule has 168 valence electrons. The van der Waals surface area contributed by atoms with Gasteiger partial charge in [0.05, 0.1) is 0 Å². The third-order valence-electron chi connectivity index (χ3n) is 7.90. The Balaban J connectivity index is 1.23. The third-order valence-corrected chi connectivity index (χ3v) is 7.90. The largest absolute Gasteiger partial charge is 0.357 e. The highest BCUT2D eigenvalue weighted by Crippen LogP contribution is 2.27. The van der Waals surface area contributed by atoms with E-state index in [-0.39, 0.29) is 0 Å². The summed E-state index contributed by atoms with van der Waals surface area (Å²) in [6.07, 6.45) is 0. The van der Waals surface area contributed by atoms with Gasteiger partial charge in [-0.2, -0.15) is 0 Å². The van der Waals surface area contributed by atoms with E-state index in [1.807, 2.05) is 0 Å². The minimum atomic E-state index is 1.00. The van der Waals surface area contributed by atoms with Crippen LogP contribution in [0.15, 0.2) is 24.3 Å². The van der Waals surface area contributed by atoms with Gasteiger partial charge in [0.1, 0.15) is 0 Å². The molecule has 0 spiro atoms. The first-order chi connectivity index (χ1) is 15.3. The van der Waals surface area contributed by atoms with Crippen molar-refractivity contribution >= 4 is 21.8 Å². The Labute approximate surface area is 191 Å². The maximum absolute atomic E-state index is 3.67. The van der Waals surface area contributed by atoms with E-state index in [1.165, 1.54) is 66.6 Å². The number of aromatic amines is 2. The van der Waals surface area contributed by atoms with Crippen molar-refractivity contribution in [2.45, 2.75) is 54.6 Å². The van der Waals surface area contributed by atoms with Crippen LogP contribution in [0, 0.1) is 41.5 Å². The highest BCUT2D eigenvalue weighted by molar-refractivity contribution is 5.86. The molecule has 32 heavy (non-hydrogen) atoms. The summed E-state index contributed by atoms with van der Waals surface area (Å²) >= 11 is 0. The summed E-state index contributed by atoms with van der Waals surface area (Å²) < 4.78 is 0. The van der Waals surface area contributed by atoms with Crippen LogP contribution in [0.4, 0.5) is 0 Å². The zero-order valence-corrected chi connectivity index (χ0v) is 20.4. The van der Waals surface area contributed by atoms with Gasteiger partial charge < -0.3 is 9.97 Å². The number of aromatic nitrogens is 2. The average Bonchev–Trinajstić information content (AvgIpc) is 3.35. The molecule has 2 aromatic heterocycles. The second-order valence-corrected chi connectivity index (χ2v) is 9.95. The first-order valence-electron chi connectivity index (χ1n) is 11.9. The molecular formula is C28H36N4. The van der Waals surface area contributed by atoms with E-state index >= 15 is 0 Å². The molecule has 1 saturated heterocycles. The topological polar surface area (TPSA) is 38.1 Å². The molecule has 0 atom stereocenters. The van der Waals surface area contributed by atoms with Gasteiger partial charge in [-0.25, -0.2) is 0 Å². The number of nitrogens with zero attached hydrogens (tertiary/aromatic N) is 2. The molecule has 1 aliphatic rings. The number of rotatable bonds is 4. The zero-order valence-electron chi connectivity index (χ0n) is 20.4. The van der Waals surface area contributed by atoms with Crippen LogP contribution in [-0.2, 0) is 13.1 Å². The molecule has 0 radical (unpaired) electrons. The molecule has 4 aromatic rings. The fraction of sp³-hybridized carbons (Fsp3) is 0.429. The van der Waals surface area contributed by atoms with Crippen molar-refractivity contribution in [1.82, 2.24) is 19.8 Å². The fourth-order valence-corrected chi connectivity index (χ4v) is 5.31. The Morgan fingerprint density at radius 2 is 0.938 bits per heavy atom. The normalized spacial score (nSPS) is 15.9. The van der Waals surface area contributed by atoms with E-state index < -0.39 is 0 Å². The van der Waals surface area contributed by atoms with E-state index in [4.69, 9.17) is 0 Å². The predicted molar refractivity (Wildman–Crippen MR) is 136 cm³/mol. The molecule has 1 fully saturated rings. The van der Waals surface area contributed by atoms with Crippen LogP contribution >= 0.6 is 0 Å². The van der Waals surface area contributed by atoms with Crippen LogP contribution in [0.5, 0.6) is 0 Å². The monoisotopic (exact) mass is 428 g/mol. The van der Waals surface area contributed by atoms with Gasteiger partial charge in [0.15, 0.2) is 0 Å². The van der Waals surface area contributed by atoms with E-state index in [2.05, 4.69) is 85.6 Å². The van der Waals surface area contributed by atoms with E-state index in [0.29, 0.717) is 0 Å². The lowest BCUT2D eigenvalue weighted by Gasteiger charge is -2.34. The number of piperazine rings is 1. The number of nitrogens with one attached hydrogen (secondary N) is 2. The molecule has 3 heterocycles. The molecule has 0 saturated carbocycles. The van der Waals surface area contributed by atoms with Crippen LogP contribution in [0.25, 0.3) is 21.8 Å². The smallest absolute Gasteiger partial charge is 0.0461 e. The molecule has 4 nitrogen and oxygen atoms in total. The number of hydrogen-bond acceptors (Lipinski definition) is 2. The molecule has 1 aliphatic heterocycles. The molecule has 2 aromatic carbocycles. The lowest BCUT2D eigenvalue weighted by Crippen LogP contribution is -2.45. The summed E-state index contributed by atoms with van der Waals surface area (Å²) in [5, 5.41) is 2.75. The highest BCUT2D eigenvalue weighted by atomic mass is 15.3. The van der Waals surface area contributed by atoms with E-state index in [9.17, 15) is 0 Å². The molecule has 0 aliphatic carbocycles. The van der Waals surface area contributed by atoms with Gasteiger partial charge in [-0.3, -0.25) is 9.80 Å². The zero-order chi connectivity index (χ0) is 22.6. The van der Waals surface area contributed by atoms with Crippen LogP contribution in [0.3, 0.4) is 0 Å². The minimum absolute atomic E-state index is 1.00. The van der Waals surface area contributed by atoms with Crippen molar-refractivity contribution in [2.24, 2.45) is 0 Å². The van der Waals surface area contributed by atoms with E-state index in [1.54, 1.807) is 0 Å². The summed E-state index contributed by atoms with van der Waals surface area (Å²) in [4.78, 5) is 12.5. The van der Waals surface area contributed by atoms with Crippen molar-refractivity contribution in [2.75, 3.05) is 26.2 Å². The average molecular weight is 429 g/mol. The van der Waals surface area contributed by atoms with Gasteiger partial charge >= 0.3 is 0 Å². The Morgan fingerprint density at radius 1 is 0.562 bits per heavy atom. The van der Waals surface area contributed by atoms with E-state index in [0.717, 1.165) is 39.3 Å². The lowest BCUT2D eigenvalue weighted by molar-refractivity contribution is 0.120. The molecule has 0 unspecified atom stereocenters. The van der Waals surface area contributed by atoms with Gasteiger partial charge in [0.2, 0.25) is 0 Å². The molecule has 5 rings (SSSR count). The van der Waals surface area contributed by atoms with Gasteiger partial charge in [0, 0.05) is 72.5 Å². The third kappa shape index (κ3) is 3.76. The molecule has 0 bridgehead atoms. The summed E-state index contributed by atoms with van der Waals surface area (Å²) in [6, 6.07) is 9.31. The lowest BCUT2D eigenvalue weighted by atomic mass is 10.0. The number of fused-ring (bicyclic) bond motifs is 2. The highest BCUT2D eigenvalue weighted by Gasteiger charge is 2.19. The number of benzene rings is 2. The van der Waals surface area contributed by atoms with Crippen LogP contribution in [0.2, 0.25) is 0 Å². The Bertz CT molecular complexity index is 1200. The minimum Gasteiger partial charge on any atom is -0.357 e. The Morgan fingerprint density at radius 3 is 1.31 bits per heavy atom. The fourth-order valence-electron chi connectivity index (χ4n) is 5.31. The first-order valence-corrected chi connectivity index (χ1v) is 11.9. The van der Waals surface area contributed by atoms with Gasteiger partial charge in [-0.05, 0) is 99.2 Å². The molecular weight excluding hydrogens is 392 g/mol. The van der Waals surface area contributed by atoms with Gasteiger partial charge in [-0.1, -0.05) is 0 Å². The summed E-state index contributed by atoms with van der Waals surface area (Å²) in [6.45, 7) is 19.8. The van der Waals surface area contributed by atoms with Crippen molar-refractivity contribution in [1.29, 1.82) is 0 Å². The quantitative estimate of drug-likeness (QED) is 0.430. The maximum atomic E-state index is 3.67. The summed E-state index contributed by atoms with van der Waals surface area (Å²) in [5.74, 6) is 0. The molecule has 2 N–H and O–H groups in total. The van der Waals surface area contributed by atoms with Crippen molar-refractivity contribution in [3.63, 3.8) is 0 Å². The number of aryl methyl sites for hydroxylation is 4. The second kappa shape index (κ2) is 8.09.